The molecule has 3 rings (SSSR count). The minimum absolute atomic E-state index is 0.0386. The zero-order valence-corrected chi connectivity index (χ0v) is 13.1. The van der Waals surface area contributed by atoms with Crippen molar-refractivity contribution in [2.24, 2.45) is 0 Å². The van der Waals surface area contributed by atoms with Crippen molar-refractivity contribution in [2.75, 3.05) is 13.1 Å². The van der Waals surface area contributed by atoms with E-state index in [0.717, 1.165) is 31.6 Å². The predicted molar refractivity (Wildman–Crippen MR) is 80.6 cm³/mol. The largest absolute Gasteiger partial charge is 0.364 e. The molecule has 5 nitrogen and oxygen atoms in total. The van der Waals surface area contributed by atoms with Crippen molar-refractivity contribution >= 4 is 17.2 Å². The normalized spacial score (nSPS) is 16.6. The van der Waals surface area contributed by atoms with Gasteiger partial charge >= 0.3 is 0 Å². The lowest BCUT2D eigenvalue weighted by Crippen LogP contribution is -2.38. The molecule has 1 amide bonds. The minimum atomic E-state index is 0.0386. The molecule has 112 valence electrons. The quantitative estimate of drug-likeness (QED) is 0.873. The fourth-order valence-electron chi connectivity index (χ4n) is 2.79. The van der Waals surface area contributed by atoms with Gasteiger partial charge in [0.15, 0.2) is 0 Å². The fraction of sp³-hybridized carbons (Fsp3) is 0.533. The van der Waals surface area contributed by atoms with E-state index in [1.165, 1.54) is 12.0 Å². The molecule has 6 heteroatoms. The Kier molecular flexibility index (Phi) is 4.05. The topological polar surface area (TPSA) is 59.2 Å². The van der Waals surface area contributed by atoms with Gasteiger partial charge in [0.2, 0.25) is 0 Å². The first-order chi connectivity index (χ1) is 10.2. The van der Waals surface area contributed by atoms with Gasteiger partial charge in [-0.2, -0.15) is 0 Å². The van der Waals surface area contributed by atoms with Crippen LogP contribution in [0.4, 0.5) is 0 Å². The number of thiazole rings is 1. The standard InChI is InChI=1S/C15H19N3O2S/c1-10(2)14-12(7-20-17-14)15(19)18-5-3-11(4-6-18)13-8-21-9-16-13/h7-11H,3-6H2,1-2H3. The SMILES string of the molecule is CC(C)c1nocc1C(=O)N1CCC(c2cscn2)CC1. The van der Waals surface area contributed by atoms with Crippen molar-refractivity contribution < 1.29 is 9.32 Å². The lowest BCUT2D eigenvalue weighted by atomic mass is 9.93. The summed E-state index contributed by atoms with van der Waals surface area (Å²) in [5, 5.41) is 6.07. The number of piperidine rings is 1. The highest BCUT2D eigenvalue weighted by atomic mass is 32.1. The summed E-state index contributed by atoms with van der Waals surface area (Å²) >= 11 is 1.63. The maximum Gasteiger partial charge on any atom is 0.259 e. The van der Waals surface area contributed by atoms with Gasteiger partial charge in [0.1, 0.15) is 11.8 Å². The van der Waals surface area contributed by atoms with Crippen molar-refractivity contribution in [3.63, 3.8) is 0 Å². The molecular weight excluding hydrogens is 286 g/mol. The Morgan fingerprint density at radius 1 is 1.43 bits per heavy atom. The Morgan fingerprint density at radius 2 is 2.19 bits per heavy atom. The zero-order valence-electron chi connectivity index (χ0n) is 12.3. The van der Waals surface area contributed by atoms with Gasteiger partial charge in [0.25, 0.3) is 5.91 Å². The van der Waals surface area contributed by atoms with E-state index in [0.29, 0.717) is 11.5 Å². The Hall–Kier alpha value is -1.69. The van der Waals surface area contributed by atoms with Gasteiger partial charge in [0.05, 0.1) is 16.9 Å². The van der Waals surface area contributed by atoms with Crippen molar-refractivity contribution in [1.82, 2.24) is 15.0 Å². The van der Waals surface area contributed by atoms with E-state index < -0.39 is 0 Å². The number of carbonyl (C=O) groups is 1. The molecule has 0 aromatic carbocycles. The monoisotopic (exact) mass is 305 g/mol. The van der Waals surface area contributed by atoms with E-state index >= 15 is 0 Å². The molecule has 0 N–H and O–H groups in total. The third-order valence-corrected chi connectivity index (χ3v) is 4.63. The van der Waals surface area contributed by atoms with E-state index in [9.17, 15) is 4.79 Å². The Balaban J connectivity index is 1.66. The number of amides is 1. The molecule has 0 saturated carbocycles. The van der Waals surface area contributed by atoms with Crippen LogP contribution < -0.4 is 0 Å². The van der Waals surface area contributed by atoms with Crippen LogP contribution in [0, 0.1) is 0 Å². The van der Waals surface area contributed by atoms with Gasteiger partial charge in [-0.05, 0) is 18.8 Å². The maximum atomic E-state index is 12.6. The highest BCUT2D eigenvalue weighted by Gasteiger charge is 2.28. The third-order valence-electron chi connectivity index (χ3n) is 4.03. The summed E-state index contributed by atoms with van der Waals surface area (Å²) in [4.78, 5) is 18.9. The van der Waals surface area contributed by atoms with E-state index in [2.05, 4.69) is 15.5 Å². The number of likely N-dealkylation sites (tertiary alicyclic amines) is 1. The molecule has 2 aromatic heterocycles. The molecule has 0 spiro atoms. The van der Waals surface area contributed by atoms with Gasteiger partial charge in [-0.25, -0.2) is 4.98 Å². The van der Waals surface area contributed by atoms with Crippen LogP contribution in [-0.4, -0.2) is 34.0 Å². The summed E-state index contributed by atoms with van der Waals surface area (Å²) < 4.78 is 4.99. The lowest BCUT2D eigenvalue weighted by Gasteiger charge is -2.31. The Labute approximate surface area is 128 Å². The average molecular weight is 305 g/mol. The average Bonchev–Trinajstić information content (AvgIpc) is 3.18. The minimum Gasteiger partial charge on any atom is -0.364 e. The molecule has 0 radical (unpaired) electrons. The molecule has 2 aromatic rings. The van der Waals surface area contributed by atoms with Crippen molar-refractivity contribution in [1.29, 1.82) is 0 Å². The summed E-state index contributed by atoms with van der Waals surface area (Å²) in [6.07, 6.45) is 3.42. The van der Waals surface area contributed by atoms with Crippen molar-refractivity contribution in [2.45, 2.75) is 38.5 Å². The number of aromatic nitrogens is 2. The Morgan fingerprint density at radius 3 is 2.81 bits per heavy atom. The van der Waals surface area contributed by atoms with E-state index in [-0.39, 0.29) is 11.8 Å². The summed E-state index contributed by atoms with van der Waals surface area (Å²) in [6, 6.07) is 0. The molecule has 0 unspecified atom stereocenters. The second kappa shape index (κ2) is 5.97. The summed E-state index contributed by atoms with van der Waals surface area (Å²) in [6.45, 7) is 5.57. The molecule has 21 heavy (non-hydrogen) atoms. The molecule has 0 atom stereocenters. The first kappa shape index (κ1) is 14.3. The maximum absolute atomic E-state index is 12.6. The predicted octanol–water partition coefficient (Wildman–Crippen LogP) is 3.27. The number of carbonyl (C=O) groups excluding carboxylic acids is 1. The van der Waals surface area contributed by atoms with Crippen molar-refractivity contribution in [3.05, 3.63) is 34.1 Å². The van der Waals surface area contributed by atoms with Crippen LogP contribution in [0.1, 0.15) is 60.3 Å². The first-order valence-electron chi connectivity index (χ1n) is 7.28. The van der Waals surface area contributed by atoms with Crippen molar-refractivity contribution in [3.8, 4) is 0 Å². The highest BCUT2D eigenvalue weighted by molar-refractivity contribution is 7.07. The van der Waals surface area contributed by atoms with Gasteiger partial charge in [-0.1, -0.05) is 19.0 Å². The molecule has 0 aliphatic carbocycles. The van der Waals surface area contributed by atoms with Crippen LogP contribution in [-0.2, 0) is 0 Å². The molecule has 3 heterocycles. The first-order valence-corrected chi connectivity index (χ1v) is 8.22. The second-order valence-electron chi connectivity index (χ2n) is 5.75. The summed E-state index contributed by atoms with van der Waals surface area (Å²) in [5.41, 5.74) is 4.40. The van der Waals surface area contributed by atoms with E-state index in [4.69, 9.17) is 4.52 Å². The molecular formula is C15H19N3O2S. The van der Waals surface area contributed by atoms with Crippen LogP contribution >= 0.6 is 11.3 Å². The van der Waals surface area contributed by atoms with Crippen LogP contribution in [0.2, 0.25) is 0 Å². The van der Waals surface area contributed by atoms with Crippen LogP contribution in [0.15, 0.2) is 21.7 Å². The summed E-state index contributed by atoms with van der Waals surface area (Å²) in [5.74, 6) is 0.708. The van der Waals surface area contributed by atoms with Gasteiger partial charge in [-0.15, -0.1) is 11.3 Å². The smallest absolute Gasteiger partial charge is 0.259 e. The van der Waals surface area contributed by atoms with E-state index in [1.54, 1.807) is 11.3 Å². The van der Waals surface area contributed by atoms with Crippen LogP contribution in [0.5, 0.6) is 0 Å². The van der Waals surface area contributed by atoms with Gasteiger partial charge < -0.3 is 9.42 Å². The third kappa shape index (κ3) is 2.85. The molecule has 1 aliphatic rings. The van der Waals surface area contributed by atoms with Gasteiger partial charge in [0, 0.05) is 24.4 Å². The van der Waals surface area contributed by atoms with Gasteiger partial charge in [-0.3, -0.25) is 4.79 Å². The molecule has 1 fully saturated rings. The Bertz CT molecular complexity index is 598. The highest BCUT2D eigenvalue weighted by Crippen LogP contribution is 2.29. The number of hydrogen-bond donors (Lipinski definition) is 0. The zero-order chi connectivity index (χ0) is 14.8. The number of nitrogens with zero attached hydrogens (tertiary/aromatic N) is 3. The molecule has 0 bridgehead atoms. The summed E-state index contributed by atoms with van der Waals surface area (Å²) in [7, 11) is 0. The molecule has 1 aliphatic heterocycles. The van der Waals surface area contributed by atoms with Crippen LogP contribution in [0.3, 0.4) is 0 Å². The number of rotatable bonds is 3. The fourth-order valence-corrected chi connectivity index (χ4v) is 3.43. The number of hydrogen-bond acceptors (Lipinski definition) is 5. The van der Waals surface area contributed by atoms with E-state index in [1.807, 2.05) is 24.3 Å². The lowest BCUT2D eigenvalue weighted by molar-refractivity contribution is 0.0710. The van der Waals surface area contributed by atoms with Crippen LogP contribution in [0.25, 0.3) is 0 Å². The molecule has 1 saturated heterocycles. The second-order valence-corrected chi connectivity index (χ2v) is 6.47.